The van der Waals surface area contributed by atoms with Gasteiger partial charge in [-0.2, -0.15) is 0 Å². The van der Waals surface area contributed by atoms with E-state index in [4.69, 9.17) is 9.51 Å². The van der Waals surface area contributed by atoms with E-state index in [-0.39, 0.29) is 11.9 Å². The summed E-state index contributed by atoms with van der Waals surface area (Å²) >= 11 is 1.75. The molecule has 1 aromatic carbocycles. The summed E-state index contributed by atoms with van der Waals surface area (Å²) < 4.78 is 6.31. The number of amides is 1. The molecule has 0 N–H and O–H groups in total. The van der Waals surface area contributed by atoms with E-state index >= 15 is 0 Å². The van der Waals surface area contributed by atoms with Crippen molar-refractivity contribution in [2.45, 2.75) is 19.9 Å². The fourth-order valence-electron chi connectivity index (χ4n) is 3.16. The summed E-state index contributed by atoms with van der Waals surface area (Å²) in [6.07, 6.45) is 0. The van der Waals surface area contributed by atoms with Gasteiger partial charge in [0.1, 0.15) is 5.01 Å². The minimum absolute atomic E-state index is 0.0760. The summed E-state index contributed by atoms with van der Waals surface area (Å²) in [5, 5.41) is 4.93. The molecule has 0 aliphatic carbocycles. The van der Waals surface area contributed by atoms with E-state index in [1.54, 1.807) is 17.4 Å². The van der Waals surface area contributed by atoms with Crippen LogP contribution in [0.1, 0.15) is 34.2 Å². The van der Waals surface area contributed by atoms with Gasteiger partial charge in [0, 0.05) is 32.2 Å². The van der Waals surface area contributed by atoms with Crippen LogP contribution in [0.5, 0.6) is 0 Å². The Morgan fingerprint density at radius 3 is 2.68 bits per heavy atom. The topological polar surface area (TPSA) is 62.5 Å². The monoisotopic (exact) mass is 356 g/mol. The molecule has 1 fully saturated rings. The van der Waals surface area contributed by atoms with Gasteiger partial charge in [-0.25, -0.2) is 4.98 Å². The van der Waals surface area contributed by atoms with E-state index < -0.39 is 0 Å². The fraction of sp³-hybridized carbons (Fsp3) is 0.389. The maximum absolute atomic E-state index is 12.4. The van der Waals surface area contributed by atoms with Crippen LogP contribution in [0.4, 0.5) is 0 Å². The second kappa shape index (κ2) is 6.57. The average molecular weight is 356 g/mol. The number of aryl methyl sites for hydroxylation is 1. The second-order valence-electron chi connectivity index (χ2n) is 6.36. The molecule has 2 aromatic heterocycles. The molecule has 6 nitrogen and oxygen atoms in total. The molecule has 1 aliphatic rings. The normalized spacial score (nSPS) is 17.1. The minimum atomic E-state index is -0.0760. The highest BCUT2D eigenvalue weighted by Crippen LogP contribution is 2.30. The molecule has 0 bridgehead atoms. The van der Waals surface area contributed by atoms with E-state index in [0.717, 1.165) is 29.3 Å². The zero-order valence-corrected chi connectivity index (χ0v) is 15.1. The van der Waals surface area contributed by atoms with Crippen molar-refractivity contribution in [3.8, 4) is 0 Å². The summed E-state index contributed by atoms with van der Waals surface area (Å²) in [6.45, 7) is 7.04. The number of para-hydroxylation sites is 1. The van der Waals surface area contributed by atoms with Crippen molar-refractivity contribution in [3.05, 3.63) is 46.8 Å². The number of piperazine rings is 1. The number of nitrogens with zero attached hydrogens (tertiary/aromatic N) is 4. The van der Waals surface area contributed by atoms with Crippen molar-refractivity contribution < 1.29 is 9.32 Å². The number of thiazole rings is 1. The first-order valence-corrected chi connectivity index (χ1v) is 9.25. The third-order valence-corrected chi connectivity index (χ3v) is 5.86. The quantitative estimate of drug-likeness (QED) is 0.721. The molecular weight excluding hydrogens is 336 g/mol. The van der Waals surface area contributed by atoms with Gasteiger partial charge >= 0.3 is 0 Å². The van der Waals surface area contributed by atoms with Gasteiger partial charge in [0.25, 0.3) is 5.91 Å². The number of rotatable bonds is 3. The van der Waals surface area contributed by atoms with Crippen LogP contribution in [0.25, 0.3) is 10.2 Å². The van der Waals surface area contributed by atoms with Crippen LogP contribution in [-0.2, 0) is 0 Å². The molecule has 0 saturated carbocycles. The Bertz CT molecular complexity index is 862. The standard InChI is InChI=1S/C18H20N4O2S/c1-12-11-15(24-20-12)18(23)22-9-7-21(8-10-22)13(2)17-19-14-5-3-4-6-16(14)25-17/h3-6,11,13H,7-10H2,1-2H3. The Kier molecular flexibility index (Phi) is 4.27. The maximum atomic E-state index is 12.4. The first-order valence-electron chi connectivity index (χ1n) is 8.44. The smallest absolute Gasteiger partial charge is 0.292 e. The molecular formula is C18H20N4O2S. The van der Waals surface area contributed by atoms with Crippen molar-refractivity contribution in [3.63, 3.8) is 0 Å². The van der Waals surface area contributed by atoms with E-state index in [0.29, 0.717) is 18.8 Å². The van der Waals surface area contributed by atoms with E-state index in [9.17, 15) is 4.79 Å². The molecule has 1 aliphatic heterocycles. The Labute approximate surface area is 150 Å². The largest absolute Gasteiger partial charge is 0.351 e. The molecule has 0 spiro atoms. The van der Waals surface area contributed by atoms with Crippen LogP contribution in [0.2, 0.25) is 0 Å². The highest BCUT2D eigenvalue weighted by atomic mass is 32.1. The summed E-state index contributed by atoms with van der Waals surface area (Å²) in [7, 11) is 0. The molecule has 1 unspecified atom stereocenters. The Morgan fingerprint density at radius 2 is 2.00 bits per heavy atom. The predicted octanol–water partition coefficient (Wildman–Crippen LogP) is 3.11. The maximum Gasteiger partial charge on any atom is 0.292 e. The highest BCUT2D eigenvalue weighted by molar-refractivity contribution is 7.18. The molecule has 7 heteroatoms. The zero-order chi connectivity index (χ0) is 17.4. The van der Waals surface area contributed by atoms with Crippen LogP contribution in [0.3, 0.4) is 0 Å². The molecule has 1 amide bonds. The van der Waals surface area contributed by atoms with Gasteiger partial charge in [0.05, 0.1) is 22.0 Å². The summed E-state index contributed by atoms with van der Waals surface area (Å²) in [4.78, 5) is 21.4. The van der Waals surface area contributed by atoms with Crippen molar-refractivity contribution in [1.29, 1.82) is 0 Å². The molecule has 0 radical (unpaired) electrons. The Hall–Kier alpha value is -2.25. The second-order valence-corrected chi connectivity index (χ2v) is 7.42. The van der Waals surface area contributed by atoms with Gasteiger partial charge in [-0.05, 0) is 26.0 Å². The minimum Gasteiger partial charge on any atom is -0.351 e. The average Bonchev–Trinajstić information content (AvgIpc) is 3.26. The van der Waals surface area contributed by atoms with Gasteiger partial charge < -0.3 is 9.42 Å². The van der Waals surface area contributed by atoms with Gasteiger partial charge in [0.15, 0.2) is 0 Å². The van der Waals surface area contributed by atoms with Crippen LogP contribution >= 0.6 is 11.3 Å². The fourth-order valence-corrected chi connectivity index (χ4v) is 4.21. The predicted molar refractivity (Wildman–Crippen MR) is 96.8 cm³/mol. The summed E-state index contributed by atoms with van der Waals surface area (Å²) in [6, 6.07) is 10.2. The zero-order valence-electron chi connectivity index (χ0n) is 14.3. The molecule has 1 saturated heterocycles. The number of hydrogen-bond acceptors (Lipinski definition) is 6. The lowest BCUT2D eigenvalue weighted by atomic mass is 10.2. The lowest BCUT2D eigenvalue weighted by Crippen LogP contribution is -2.49. The summed E-state index contributed by atoms with van der Waals surface area (Å²) in [5.41, 5.74) is 1.79. The number of fused-ring (bicyclic) bond motifs is 1. The lowest BCUT2D eigenvalue weighted by molar-refractivity contribution is 0.0544. The van der Waals surface area contributed by atoms with Crippen molar-refractivity contribution in [2.75, 3.05) is 26.2 Å². The SMILES string of the molecule is Cc1cc(C(=O)N2CCN(C(C)c3nc4ccccc4s3)CC2)on1. The third kappa shape index (κ3) is 3.17. The number of benzene rings is 1. The third-order valence-electron chi connectivity index (χ3n) is 4.66. The van der Waals surface area contributed by atoms with Crippen molar-refractivity contribution >= 4 is 27.5 Å². The van der Waals surface area contributed by atoms with Gasteiger partial charge in [-0.1, -0.05) is 17.3 Å². The Morgan fingerprint density at radius 1 is 1.24 bits per heavy atom. The first kappa shape index (κ1) is 16.2. The van der Waals surface area contributed by atoms with Crippen molar-refractivity contribution in [2.24, 2.45) is 0 Å². The number of carbonyl (C=O) groups excluding carboxylic acids is 1. The van der Waals surface area contributed by atoms with Crippen LogP contribution in [0, 0.1) is 6.92 Å². The van der Waals surface area contributed by atoms with Gasteiger partial charge in [-0.15, -0.1) is 11.3 Å². The molecule has 3 heterocycles. The Balaban J connectivity index is 1.41. The molecule has 130 valence electrons. The van der Waals surface area contributed by atoms with Crippen LogP contribution in [0.15, 0.2) is 34.9 Å². The number of carbonyl (C=O) groups is 1. The summed E-state index contributed by atoms with van der Waals surface area (Å²) in [5.74, 6) is 0.248. The molecule has 3 aromatic rings. The molecule has 25 heavy (non-hydrogen) atoms. The van der Waals surface area contributed by atoms with E-state index in [1.807, 2.05) is 24.0 Å². The van der Waals surface area contributed by atoms with Crippen LogP contribution < -0.4 is 0 Å². The van der Waals surface area contributed by atoms with E-state index in [1.165, 1.54) is 4.70 Å². The molecule has 4 rings (SSSR count). The van der Waals surface area contributed by atoms with E-state index in [2.05, 4.69) is 29.1 Å². The van der Waals surface area contributed by atoms with Crippen molar-refractivity contribution in [1.82, 2.24) is 19.9 Å². The highest BCUT2D eigenvalue weighted by Gasteiger charge is 2.28. The molecule has 1 atom stereocenters. The number of hydrogen-bond donors (Lipinski definition) is 0. The number of aromatic nitrogens is 2. The van der Waals surface area contributed by atoms with Gasteiger partial charge in [0.2, 0.25) is 5.76 Å². The lowest BCUT2D eigenvalue weighted by Gasteiger charge is -2.36. The van der Waals surface area contributed by atoms with Gasteiger partial charge in [-0.3, -0.25) is 9.69 Å². The first-order chi connectivity index (χ1) is 12.1. The van der Waals surface area contributed by atoms with Crippen LogP contribution in [-0.4, -0.2) is 52.0 Å².